The third-order valence-electron chi connectivity index (χ3n) is 2.35. The Morgan fingerprint density at radius 1 is 1.42 bits per heavy atom. The van der Waals surface area contributed by atoms with Gasteiger partial charge < -0.3 is 11.1 Å². The first-order valence-corrected chi connectivity index (χ1v) is 7.53. The fourth-order valence-corrected chi connectivity index (χ4v) is 3.24. The van der Waals surface area contributed by atoms with Crippen LogP contribution in [0, 0.1) is 5.82 Å². The van der Waals surface area contributed by atoms with E-state index in [0.29, 0.717) is 17.9 Å². The Morgan fingerprint density at radius 2 is 2.26 bits per heavy atom. The molecular weight excluding hydrogens is 283 g/mol. The van der Waals surface area contributed by atoms with Crippen molar-refractivity contribution in [2.24, 2.45) is 0 Å². The second-order valence-electron chi connectivity index (χ2n) is 3.82. The monoisotopic (exact) mass is 296 g/mol. The Hall–Kier alpha value is -1.53. The molecule has 0 saturated heterocycles. The van der Waals surface area contributed by atoms with Crippen LogP contribution in [0.4, 0.5) is 15.8 Å². The van der Waals surface area contributed by atoms with Crippen LogP contribution in [0.5, 0.6) is 0 Å². The van der Waals surface area contributed by atoms with E-state index >= 15 is 0 Å². The van der Waals surface area contributed by atoms with E-state index in [4.69, 9.17) is 5.73 Å². The first-order chi connectivity index (χ1) is 9.15. The molecule has 0 unspecified atom stereocenters. The van der Waals surface area contributed by atoms with Gasteiger partial charge in [-0.05, 0) is 29.6 Å². The summed E-state index contributed by atoms with van der Waals surface area (Å²) in [5.74, 6) is 0.129. The molecule has 0 aliphatic heterocycles. The number of hydrogen-bond donors (Lipinski definition) is 2. The lowest BCUT2D eigenvalue weighted by atomic mass is 10.2. The van der Waals surface area contributed by atoms with Gasteiger partial charge in [-0.1, -0.05) is 6.07 Å². The summed E-state index contributed by atoms with van der Waals surface area (Å²) in [5.41, 5.74) is 5.98. The second-order valence-corrected chi connectivity index (χ2v) is 6.16. The van der Waals surface area contributed by atoms with E-state index in [1.54, 1.807) is 23.1 Å². The smallest absolute Gasteiger partial charge is 0.225 e. The molecule has 6 heteroatoms. The lowest BCUT2D eigenvalue weighted by Crippen LogP contribution is -2.12. The SMILES string of the molecule is Nc1cc(NC(=O)CCSc2cccs2)ccc1F. The topological polar surface area (TPSA) is 55.1 Å². The molecule has 19 heavy (non-hydrogen) atoms. The maximum Gasteiger partial charge on any atom is 0.225 e. The highest BCUT2D eigenvalue weighted by molar-refractivity contribution is 8.01. The zero-order valence-corrected chi connectivity index (χ0v) is 11.7. The number of nitrogens with two attached hydrogens (primary N) is 1. The van der Waals surface area contributed by atoms with Crippen molar-refractivity contribution in [2.45, 2.75) is 10.6 Å². The lowest BCUT2D eigenvalue weighted by molar-refractivity contribution is -0.115. The Balaban J connectivity index is 1.79. The van der Waals surface area contributed by atoms with Crippen molar-refractivity contribution in [3.8, 4) is 0 Å². The summed E-state index contributed by atoms with van der Waals surface area (Å²) in [6.45, 7) is 0. The van der Waals surface area contributed by atoms with Crippen molar-refractivity contribution in [1.29, 1.82) is 0 Å². The highest BCUT2D eigenvalue weighted by Crippen LogP contribution is 2.24. The quantitative estimate of drug-likeness (QED) is 0.655. The Bertz CT molecular complexity index is 558. The predicted molar refractivity (Wildman–Crippen MR) is 79.1 cm³/mol. The summed E-state index contributed by atoms with van der Waals surface area (Å²) in [5, 5.41) is 4.70. The summed E-state index contributed by atoms with van der Waals surface area (Å²) in [6, 6.07) is 8.16. The van der Waals surface area contributed by atoms with E-state index < -0.39 is 5.82 Å². The fourth-order valence-electron chi connectivity index (χ4n) is 1.43. The number of hydrogen-bond acceptors (Lipinski definition) is 4. The summed E-state index contributed by atoms with van der Waals surface area (Å²) < 4.78 is 14.1. The zero-order chi connectivity index (χ0) is 13.7. The fraction of sp³-hybridized carbons (Fsp3) is 0.154. The predicted octanol–water partition coefficient (Wildman–Crippen LogP) is 3.59. The lowest BCUT2D eigenvalue weighted by Gasteiger charge is -2.06. The third-order valence-corrected chi connectivity index (χ3v) is 4.48. The molecule has 3 N–H and O–H groups in total. The Morgan fingerprint density at radius 3 is 2.95 bits per heavy atom. The highest BCUT2D eigenvalue weighted by Gasteiger charge is 2.05. The van der Waals surface area contributed by atoms with Crippen LogP contribution in [0.25, 0.3) is 0 Å². The molecule has 2 aromatic rings. The normalized spacial score (nSPS) is 10.4. The molecule has 1 amide bonds. The van der Waals surface area contributed by atoms with Gasteiger partial charge in [-0.2, -0.15) is 0 Å². The molecule has 0 bridgehead atoms. The van der Waals surface area contributed by atoms with Crippen molar-refractivity contribution in [2.75, 3.05) is 16.8 Å². The number of thiophene rings is 1. The molecule has 0 radical (unpaired) electrons. The van der Waals surface area contributed by atoms with Crippen LogP contribution in [0.3, 0.4) is 0 Å². The third kappa shape index (κ3) is 4.25. The van der Waals surface area contributed by atoms with Gasteiger partial charge in [-0.25, -0.2) is 4.39 Å². The van der Waals surface area contributed by atoms with Gasteiger partial charge in [0.25, 0.3) is 0 Å². The van der Waals surface area contributed by atoms with E-state index in [1.165, 1.54) is 22.4 Å². The number of amides is 1. The zero-order valence-electron chi connectivity index (χ0n) is 10.1. The minimum atomic E-state index is -0.480. The minimum Gasteiger partial charge on any atom is -0.396 e. The van der Waals surface area contributed by atoms with E-state index in [2.05, 4.69) is 5.32 Å². The number of nitrogen functional groups attached to an aromatic ring is 1. The van der Waals surface area contributed by atoms with Crippen LogP contribution >= 0.6 is 23.1 Å². The molecule has 0 fully saturated rings. The number of benzene rings is 1. The van der Waals surface area contributed by atoms with E-state index in [0.717, 1.165) is 0 Å². The highest BCUT2D eigenvalue weighted by atomic mass is 32.2. The molecule has 1 aromatic carbocycles. The average Bonchev–Trinajstić information content (AvgIpc) is 2.87. The molecule has 1 heterocycles. The Kier molecular flexibility index (Phi) is 4.81. The number of thioether (sulfide) groups is 1. The molecule has 1 aromatic heterocycles. The second kappa shape index (κ2) is 6.58. The van der Waals surface area contributed by atoms with Crippen molar-refractivity contribution < 1.29 is 9.18 Å². The maximum atomic E-state index is 13.0. The summed E-state index contributed by atoms with van der Waals surface area (Å²) in [6.07, 6.45) is 0.403. The minimum absolute atomic E-state index is 0.0331. The summed E-state index contributed by atoms with van der Waals surface area (Å²) in [7, 11) is 0. The van der Waals surface area contributed by atoms with E-state index in [9.17, 15) is 9.18 Å². The van der Waals surface area contributed by atoms with Gasteiger partial charge >= 0.3 is 0 Å². The van der Waals surface area contributed by atoms with Gasteiger partial charge in [-0.3, -0.25) is 4.79 Å². The number of rotatable bonds is 5. The molecule has 0 spiro atoms. The molecule has 100 valence electrons. The number of nitrogens with one attached hydrogen (secondary N) is 1. The molecule has 0 atom stereocenters. The van der Waals surface area contributed by atoms with Crippen molar-refractivity contribution in [1.82, 2.24) is 0 Å². The standard InChI is InChI=1S/C13H13FN2OS2/c14-10-4-3-9(8-11(10)15)16-12(17)5-7-19-13-2-1-6-18-13/h1-4,6,8H,5,7,15H2,(H,16,17). The first kappa shape index (κ1) is 13.9. The van der Waals surface area contributed by atoms with Gasteiger partial charge in [-0.15, -0.1) is 23.1 Å². The van der Waals surface area contributed by atoms with E-state index in [-0.39, 0.29) is 11.6 Å². The molecule has 2 rings (SSSR count). The van der Waals surface area contributed by atoms with Crippen molar-refractivity contribution in [3.05, 3.63) is 41.5 Å². The summed E-state index contributed by atoms with van der Waals surface area (Å²) >= 11 is 3.30. The number of carbonyl (C=O) groups is 1. The molecular formula is C13H13FN2OS2. The van der Waals surface area contributed by atoms with Crippen LogP contribution in [0.1, 0.15) is 6.42 Å². The van der Waals surface area contributed by atoms with Crippen LogP contribution < -0.4 is 11.1 Å². The van der Waals surface area contributed by atoms with E-state index in [1.807, 2.05) is 17.5 Å². The Labute approximate surface area is 119 Å². The number of anilines is 2. The van der Waals surface area contributed by atoms with Crippen LogP contribution in [-0.2, 0) is 4.79 Å². The van der Waals surface area contributed by atoms with Gasteiger partial charge in [0.2, 0.25) is 5.91 Å². The number of halogens is 1. The van der Waals surface area contributed by atoms with Crippen LogP contribution in [0.15, 0.2) is 39.9 Å². The molecule has 0 aliphatic carbocycles. The maximum absolute atomic E-state index is 13.0. The number of carbonyl (C=O) groups excluding carboxylic acids is 1. The van der Waals surface area contributed by atoms with Crippen LogP contribution in [0.2, 0.25) is 0 Å². The van der Waals surface area contributed by atoms with Crippen molar-refractivity contribution >= 4 is 40.4 Å². The average molecular weight is 296 g/mol. The van der Waals surface area contributed by atoms with Gasteiger partial charge in [0.05, 0.1) is 9.90 Å². The molecule has 3 nitrogen and oxygen atoms in total. The van der Waals surface area contributed by atoms with Gasteiger partial charge in [0.1, 0.15) is 5.82 Å². The van der Waals surface area contributed by atoms with Crippen LogP contribution in [-0.4, -0.2) is 11.7 Å². The molecule has 0 aliphatic rings. The van der Waals surface area contributed by atoms with Gasteiger partial charge in [0, 0.05) is 17.9 Å². The largest absolute Gasteiger partial charge is 0.396 e. The van der Waals surface area contributed by atoms with Crippen molar-refractivity contribution in [3.63, 3.8) is 0 Å². The first-order valence-electron chi connectivity index (χ1n) is 5.66. The van der Waals surface area contributed by atoms with Gasteiger partial charge in [0.15, 0.2) is 0 Å². The summed E-state index contributed by atoms with van der Waals surface area (Å²) in [4.78, 5) is 11.7. The molecule has 0 saturated carbocycles.